The van der Waals surface area contributed by atoms with Crippen molar-refractivity contribution in [2.24, 2.45) is 0 Å². The fraction of sp³-hybridized carbons (Fsp3) is 0.143. The van der Waals surface area contributed by atoms with Crippen molar-refractivity contribution in [3.05, 3.63) is 42.5 Å². The second-order valence-electron chi connectivity index (χ2n) is 4.27. The van der Waals surface area contributed by atoms with E-state index in [0.29, 0.717) is 0 Å². The van der Waals surface area contributed by atoms with Gasteiger partial charge in [0.1, 0.15) is 11.5 Å². The van der Waals surface area contributed by atoms with Gasteiger partial charge in [0, 0.05) is 0 Å². The molecule has 0 aliphatic rings. The van der Waals surface area contributed by atoms with Gasteiger partial charge in [-0.3, -0.25) is 0 Å². The minimum atomic E-state index is -5.02. The minimum Gasteiger partial charge on any atom is -0.504 e. The van der Waals surface area contributed by atoms with Crippen molar-refractivity contribution in [3.63, 3.8) is 0 Å². The van der Waals surface area contributed by atoms with Gasteiger partial charge < -0.3 is 19.3 Å². The Bertz CT molecular complexity index is 694. The zero-order valence-electron chi connectivity index (χ0n) is 11.5. The van der Waals surface area contributed by atoms with Crippen molar-refractivity contribution >= 4 is 0 Å². The zero-order valence-corrected chi connectivity index (χ0v) is 11.5. The minimum absolute atomic E-state index is 0.141. The largest absolute Gasteiger partial charge is 0.573 e. The summed E-state index contributed by atoms with van der Waals surface area (Å²) < 4.78 is 85.5. The summed E-state index contributed by atoms with van der Waals surface area (Å²) in [6.07, 6.45) is -9.90. The first-order chi connectivity index (χ1) is 11.0. The molecule has 0 bridgehead atoms. The maximum Gasteiger partial charge on any atom is 0.573 e. The molecule has 0 aromatic heterocycles. The molecule has 4 nitrogen and oxygen atoms in total. The van der Waals surface area contributed by atoms with Gasteiger partial charge in [0.2, 0.25) is 5.75 Å². The first-order valence-electron chi connectivity index (χ1n) is 6.15. The highest BCUT2D eigenvalue weighted by molar-refractivity contribution is 5.52. The Morgan fingerprint density at radius 2 is 1.25 bits per heavy atom. The first kappa shape index (κ1) is 17.6. The van der Waals surface area contributed by atoms with E-state index in [-0.39, 0.29) is 5.75 Å². The standard InChI is InChI=1S/C14H8F6O4/c15-13(16,17)23-9-6-4-8(5-7-9)22-12-10(21)2-1-3-11(12)24-14(18,19)20/h1-7,21H. The molecule has 0 radical (unpaired) electrons. The third-order valence-corrected chi connectivity index (χ3v) is 2.46. The van der Waals surface area contributed by atoms with Crippen LogP contribution >= 0.6 is 0 Å². The van der Waals surface area contributed by atoms with Crippen LogP contribution in [0, 0.1) is 0 Å². The Morgan fingerprint density at radius 1 is 0.708 bits per heavy atom. The van der Waals surface area contributed by atoms with Crippen LogP contribution in [0.15, 0.2) is 42.5 Å². The van der Waals surface area contributed by atoms with Crippen LogP contribution in [0.1, 0.15) is 0 Å². The molecule has 0 atom stereocenters. The maximum atomic E-state index is 12.3. The molecule has 0 amide bonds. The van der Waals surface area contributed by atoms with Crippen LogP contribution in [-0.2, 0) is 0 Å². The number of para-hydroxylation sites is 1. The summed E-state index contributed by atoms with van der Waals surface area (Å²) in [4.78, 5) is 0. The summed E-state index contributed by atoms with van der Waals surface area (Å²) in [5, 5.41) is 9.61. The van der Waals surface area contributed by atoms with Gasteiger partial charge >= 0.3 is 12.7 Å². The average molecular weight is 354 g/mol. The molecule has 1 N–H and O–H groups in total. The van der Waals surface area contributed by atoms with Gasteiger partial charge in [0.05, 0.1) is 0 Å². The maximum absolute atomic E-state index is 12.3. The molecule has 0 aliphatic heterocycles. The molecule has 10 heteroatoms. The second-order valence-corrected chi connectivity index (χ2v) is 4.27. The lowest BCUT2D eigenvalue weighted by atomic mass is 10.3. The number of hydrogen-bond acceptors (Lipinski definition) is 4. The number of ether oxygens (including phenoxy) is 3. The third-order valence-electron chi connectivity index (χ3n) is 2.46. The fourth-order valence-corrected chi connectivity index (χ4v) is 1.64. The van der Waals surface area contributed by atoms with E-state index in [0.717, 1.165) is 42.5 Å². The molecule has 24 heavy (non-hydrogen) atoms. The molecule has 0 saturated carbocycles. The lowest BCUT2D eigenvalue weighted by Crippen LogP contribution is -2.17. The first-order valence-corrected chi connectivity index (χ1v) is 6.15. The number of rotatable bonds is 4. The van der Waals surface area contributed by atoms with Crippen LogP contribution in [0.2, 0.25) is 0 Å². The molecule has 130 valence electrons. The molecule has 0 spiro atoms. The van der Waals surface area contributed by atoms with E-state index >= 15 is 0 Å². The van der Waals surface area contributed by atoms with Crippen LogP contribution in [0.25, 0.3) is 0 Å². The van der Waals surface area contributed by atoms with Crippen LogP contribution in [0.4, 0.5) is 26.3 Å². The van der Waals surface area contributed by atoms with E-state index in [1.165, 1.54) is 0 Å². The van der Waals surface area contributed by atoms with Gasteiger partial charge in [-0.1, -0.05) is 6.07 Å². The van der Waals surface area contributed by atoms with Crippen molar-refractivity contribution in [2.45, 2.75) is 12.7 Å². The van der Waals surface area contributed by atoms with Crippen LogP contribution in [0.3, 0.4) is 0 Å². The number of benzene rings is 2. The molecule has 0 heterocycles. The van der Waals surface area contributed by atoms with E-state index in [1.807, 2.05) is 0 Å². The van der Waals surface area contributed by atoms with E-state index < -0.39 is 35.7 Å². The molecule has 0 unspecified atom stereocenters. The summed E-state index contributed by atoms with van der Waals surface area (Å²) >= 11 is 0. The van der Waals surface area contributed by atoms with Gasteiger partial charge in [0.25, 0.3) is 0 Å². The van der Waals surface area contributed by atoms with Gasteiger partial charge in [-0.25, -0.2) is 0 Å². The predicted octanol–water partition coefficient (Wildman–Crippen LogP) is 4.98. The molecule has 2 aromatic carbocycles. The number of phenols is 1. The Kier molecular flexibility index (Phi) is 4.67. The highest BCUT2D eigenvalue weighted by Gasteiger charge is 2.33. The smallest absolute Gasteiger partial charge is 0.504 e. The third kappa shape index (κ3) is 5.14. The molecule has 0 aliphatic carbocycles. The summed E-state index contributed by atoms with van der Waals surface area (Å²) in [7, 11) is 0. The molecule has 0 saturated heterocycles. The molecular formula is C14H8F6O4. The number of hydrogen-bond donors (Lipinski definition) is 1. The Labute approximate surface area is 130 Å². The average Bonchev–Trinajstić information content (AvgIpc) is 2.41. The van der Waals surface area contributed by atoms with Gasteiger partial charge in [0.15, 0.2) is 11.5 Å². The normalized spacial score (nSPS) is 11.9. The topological polar surface area (TPSA) is 47.9 Å². The summed E-state index contributed by atoms with van der Waals surface area (Å²) in [6, 6.07) is 6.89. The van der Waals surface area contributed by atoms with Crippen LogP contribution < -0.4 is 14.2 Å². The quantitative estimate of drug-likeness (QED) is 0.787. The van der Waals surface area contributed by atoms with Crippen molar-refractivity contribution in [2.75, 3.05) is 0 Å². The summed E-state index contributed by atoms with van der Waals surface area (Å²) in [5.41, 5.74) is 0. The highest BCUT2D eigenvalue weighted by atomic mass is 19.4. The SMILES string of the molecule is Oc1cccc(OC(F)(F)F)c1Oc1ccc(OC(F)(F)F)cc1. The van der Waals surface area contributed by atoms with Crippen molar-refractivity contribution in [1.29, 1.82) is 0 Å². The highest BCUT2D eigenvalue weighted by Crippen LogP contribution is 2.41. The second kappa shape index (κ2) is 6.38. The van der Waals surface area contributed by atoms with E-state index in [2.05, 4.69) is 9.47 Å². The lowest BCUT2D eigenvalue weighted by Gasteiger charge is -2.15. The molecule has 0 fully saturated rings. The van der Waals surface area contributed by atoms with Gasteiger partial charge in [-0.05, 0) is 36.4 Å². The Hall–Kier alpha value is -2.78. The van der Waals surface area contributed by atoms with Crippen molar-refractivity contribution in [3.8, 4) is 28.7 Å². The fourth-order valence-electron chi connectivity index (χ4n) is 1.64. The number of halogens is 6. The summed E-state index contributed by atoms with van der Waals surface area (Å²) in [5.74, 6) is -2.78. The Morgan fingerprint density at radius 3 is 1.79 bits per heavy atom. The summed E-state index contributed by atoms with van der Waals surface area (Å²) in [6.45, 7) is 0. The van der Waals surface area contributed by atoms with E-state index in [4.69, 9.17) is 4.74 Å². The van der Waals surface area contributed by atoms with E-state index in [9.17, 15) is 31.4 Å². The monoisotopic (exact) mass is 354 g/mol. The van der Waals surface area contributed by atoms with E-state index in [1.54, 1.807) is 0 Å². The zero-order chi connectivity index (χ0) is 18.0. The number of phenolic OH excluding ortho intramolecular Hbond substituents is 1. The molecule has 2 rings (SSSR count). The predicted molar refractivity (Wildman–Crippen MR) is 68.0 cm³/mol. The lowest BCUT2D eigenvalue weighted by molar-refractivity contribution is -0.275. The molecular weight excluding hydrogens is 346 g/mol. The van der Waals surface area contributed by atoms with Crippen molar-refractivity contribution < 1.29 is 45.7 Å². The molecule has 2 aromatic rings. The van der Waals surface area contributed by atoms with Gasteiger partial charge in [-0.2, -0.15) is 0 Å². The number of alkyl halides is 6. The van der Waals surface area contributed by atoms with Crippen molar-refractivity contribution in [1.82, 2.24) is 0 Å². The van der Waals surface area contributed by atoms with Crippen LogP contribution in [0.5, 0.6) is 28.7 Å². The number of aromatic hydroxyl groups is 1. The van der Waals surface area contributed by atoms with Crippen LogP contribution in [-0.4, -0.2) is 17.8 Å². The Balaban J connectivity index is 2.22. The van der Waals surface area contributed by atoms with Gasteiger partial charge in [-0.15, -0.1) is 26.3 Å².